The van der Waals surface area contributed by atoms with Crippen LogP contribution in [0.4, 0.5) is 0 Å². The fourth-order valence-corrected chi connectivity index (χ4v) is 2.25. The van der Waals surface area contributed by atoms with E-state index < -0.39 is 0 Å². The van der Waals surface area contributed by atoms with Gasteiger partial charge >= 0.3 is 0 Å². The largest absolute Gasteiger partial charge is 0.489 e. The lowest BCUT2D eigenvalue weighted by atomic mass is 10.1. The van der Waals surface area contributed by atoms with Crippen molar-refractivity contribution >= 4 is 11.6 Å². The summed E-state index contributed by atoms with van der Waals surface area (Å²) in [5.41, 5.74) is 3.98. The number of nitrogens with one attached hydrogen (secondary N) is 1. The van der Waals surface area contributed by atoms with E-state index in [4.69, 9.17) is 9.57 Å². The van der Waals surface area contributed by atoms with Gasteiger partial charge in [-0.15, -0.1) is 0 Å². The number of carbonyl (C=O) groups excluding carboxylic acids is 1. The van der Waals surface area contributed by atoms with Gasteiger partial charge in [-0.3, -0.25) is 4.79 Å². The summed E-state index contributed by atoms with van der Waals surface area (Å²) in [6.45, 7) is 8.13. The van der Waals surface area contributed by atoms with Crippen molar-refractivity contribution in [1.82, 2.24) is 5.32 Å². The van der Waals surface area contributed by atoms with Crippen molar-refractivity contribution in [1.29, 1.82) is 0 Å². The maximum Gasteiger partial charge on any atom is 0.260 e. The highest BCUT2D eigenvalue weighted by Crippen LogP contribution is 2.15. The molecule has 0 heterocycles. The molecule has 1 amide bonds. The van der Waals surface area contributed by atoms with Gasteiger partial charge in [-0.05, 0) is 63.1 Å². The fraction of sp³-hybridized carbons (Fsp3) is 0.333. The van der Waals surface area contributed by atoms with Crippen LogP contribution in [0.1, 0.15) is 37.5 Å². The number of nitrogens with zero attached hydrogens (tertiary/aromatic N) is 1. The van der Waals surface area contributed by atoms with E-state index in [1.165, 1.54) is 5.56 Å². The Bertz CT molecular complexity index is 735. The van der Waals surface area contributed by atoms with Gasteiger partial charge in [-0.1, -0.05) is 35.0 Å². The number of amides is 1. The van der Waals surface area contributed by atoms with Crippen molar-refractivity contribution in [3.63, 3.8) is 0 Å². The van der Waals surface area contributed by atoms with Gasteiger partial charge in [0.1, 0.15) is 12.4 Å². The van der Waals surface area contributed by atoms with Crippen LogP contribution in [0.5, 0.6) is 5.75 Å². The quantitative estimate of drug-likeness (QED) is 0.579. The van der Waals surface area contributed by atoms with Crippen LogP contribution < -0.4 is 10.1 Å². The van der Waals surface area contributed by atoms with Crippen LogP contribution in [0.15, 0.2) is 53.7 Å². The summed E-state index contributed by atoms with van der Waals surface area (Å²) in [4.78, 5) is 16.6. The van der Waals surface area contributed by atoms with E-state index in [9.17, 15) is 4.79 Å². The van der Waals surface area contributed by atoms with Gasteiger partial charge in [0, 0.05) is 6.04 Å². The van der Waals surface area contributed by atoms with Gasteiger partial charge in [0.25, 0.3) is 5.91 Å². The number of hydrogen-bond donors (Lipinski definition) is 1. The predicted molar refractivity (Wildman–Crippen MR) is 103 cm³/mol. The first-order valence-corrected chi connectivity index (χ1v) is 8.68. The smallest absolute Gasteiger partial charge is 0.260 e. The number of oxime groups is 1. The maximum atomic E-state index is 11.5. The van der Waals surface area contributed by atoms with Gasteiger partial charge in [0.15, 0.2) is 6.61 Å². The first-order chi connectivity index (χ1) is 12.4. The Morgan fingerprint density at radius 2 is 1.73 bits per heavy atom. The molecule has 0 bridgehead atoms. The number of hydrogen-bond acceptors (Lipinski definition) is 4. The van der Waals surface area contributed by atoms with Crippen LogP contribution in [0.25, 0.3) is 0 Å². The molecule has 26 heavy (non-hydrogen) atoms. The van der Waals surface area contributed by atoms with Crippen LogP contribution in [-0.4, -0.2) is 24.3 Å². The highest BCUT2D eigenvalue weighted by atomic mass is 16.6. The van der Waals surface area contributed by atoms with E-state index in [-0.39, 0.29) is 18.6 Å². The monoisotopic (exact) mass is 354 g/mol. The molecular weight excluding hydrogens is 328 g/mol. The third kappa shape index (κ3) is 6.59. The van der Waals surface area contributed by atoms with Crippen molar-refractivity contribution in [2.24, 2.45) is 5.16 Å². The molecule has 0 unspecified atom stereocenters. The normalized spacial score (nSPS) is 11.3. The van der Waals surface area contributed by atoms with Gasteiger partial charge in [0.05, 0.1) is 5.71 Å². The standard InChI is InChI=1S/C21H26N2O3/c1-15(2)22-21(24)14-26-23-17(4)19-9-11-20(12-10-19)25-13-18-7-5-16(3)6-8-18/h5-12,15H,13-14H2,1-4H3,(H,22,24)/b23-17+. The second kappa shape index (κ2) is 9.61. The third-order valence-electron chi connectivity index (χ3n) is 3.64. The number of carbonyl (C=O) groups is 1. The minimum atomic E-state index is -0.184. The predicted octanol–water partition coefficient (Wildman–Crippen LogP) is 3.84. The Morgan fingerprint density at radius 1 is 1.08 bits per heavy atom. The topological polar surface area (TPSA) is 59.9 Å². The summed E-state index contributed by atoms with van der Waals surface area (Å²) in [7, 11) is 0. The molecule has 2 rings (SSSR count). The molecule has 0 aliphatic heterocycles. The van der Waals surface area contributed by atoms with Crippen LogP contribution in [0, 0.1) is 6.92 Å². The lowest BCUT2D eigenvalue weighted by Crippen LogP contribution is -2.32. The summed E-state index contributed by atoms with van der Waals surface area (Å²) in [5, 5.41) is 6.73. The van der Waals surface area contributed by atoms with Gasteiger partial charge in [-0.2, -0.15) is 0 Å². The lowest BCUT2D eigenvalue weighted by Gasteiger charge is -2.08. The average molecular weight is 354 g/mol. The van der Waals surface area contributed by atoms with E-state index in [2.05, 4.69) is 41.7 Å². The Hall–Kier alpha value is -2.82. The molecule has 0 saturated heterocycles. The summed E-state index contributed by atoms with van der Waals surface area (Å²) >= 11 is 0. The van der Waals surface area contributed by atoms with Gasteiger partial charge in [0.2, 0.25) is 0 Å². The van der Waals surface area contributed by atoms with Gasteiger partial charge in [-0.25, -0.2) is 0 Å². The molecule has 5 nitrogen and oxygen atoms in total. The molecule has 2 aromatic rings. The number of benzene rings is 2. The van der Waals surface area contributed by atoms with Crippen molar-refractivity contribution in [2.75, 3.05) is 6.61 Å². The lowest BCUT2D eigenvalue weighted by molar-refractivity contribution is -0.126. The summed E-state index contributed by atoms with van der Waals surface area (Å²) in [6, 6.07) is 16.0. The third-order valence-corrected chi connectivity index (χ3v) is 3.64. The fourth-order valence-electron chi connectivity index (χ4n) is 2.25. The summed E-state index contributed by atoms with van der Waals surface area (Å²) in [5.74, 6) is 0.607. The highest BCUT2D eigenvalue weighted by molar-refractivity contribution is 5.98. The number of ether oxygens (including phenoxy) is 1. The summed E-state index contributed by atoms with van der Waals surface area (Å²) < 4.78 is 5.79. The van der Waals surface area contributed by atoms with E-state index in [1.807, 2.05) is 45.0 Å². The van der Waals surface area contributed by atoms with Crippen molar-refractivity contribution < 1.29 is 14.4 Å². The SMILES string of the molecule is C/C(=N\OCC(=O)NC(C)C)c1ccc(OCc2ccc(C)cc2)cc1. The molecule has 0 atom stereocenters. The maximum absolute atomic E-state index is 11.5. The Kier molecular flexibility index (Phi) is 7.21. The molecule has 5 heteroatoms. The van der Waals surface area contributed by atoms with Gasteiger partial charge < -0.3 is 14.9 Å². The minimum Gasteiger partial charge on any atom is -0.489 e. The van der Waals surface area contributed by atoms with E-state index in [0.717, 1.165) is 16.9 Å². The molecular formula is C21H26N2O3. The zero-order valence-corrected chi connectivity index (χ0v) is 15.8. The first kappa shape index (κ1) is 19.5. The molecule has 0 saturated carbocycles. The van der Waals surface area contributed by atoms with E-state index in [0.29, 0.717) is 12.3 Å². The zero-order chi connectivity index (χ0) is 18.9. The van der Waals surface area contributed by atoms with Crippen LogP contribution in [0.2, 0.25) is 0 Å². The number of aryl methyl sites for hydroxylation is 1. The highest BCUT2D eigenvalue weighted by Gasteiger charge is 2.04. The second-order valence-corrected chi connectivity index (χ2v) is 6.47. The Balaban J connectivity index is 1.84. The molecule has 0 aliphatic carbocycles. The second-order valence-electron chi connectivity index (χ2n) is 6.47. The molecule has 0 spiro atoms. The van der Waals surface area contributed by atoms with E-state index >= 15 is 0 Å². The minimum absolute atomic E-state index is 0.0867. The zero-order valence-electron chi connectivity index (χ0n) is 15.8. The molecule has 138 valence electrons. The van der Waals surface area contributed by atoms with Crippen molar-refractivity contribution in [3.8, 4) is 5.75 Å². The number of rotatable bonds is 8. The molecule has 0 aliphatic rings. The van der Waals surface area contributed by atoms with Crippen LogP contribution in [-0.2, 0) is 16.2 Å². The molecule has 2 aromatic carbocycles. The van der Waals surface area contributed by atoms with Crippen molar-refractivity contribution in [3.05, 3.63) is 65.2 Å². The molecule has 1 N–H and O–H groups in total. The Morgan fingerprint density at radius 3 is 2.35 bits per heavy atom. The first-order valence-electron chi connectivity index (χ1n) is 8.68. The molecule has 0 fully saturated rings. The molecule has 0 aromatic heterocycles. The average Bonchev–Trinajstić information content (AvgIpc) is 2.61. The van der Waals surface area contributed by atoms with E-state index in [1.54, 1.807) is 0 Å². The Labute approximate surface area is 155 Å². The van der Waals surface area contributed by atoms with Crippen LogP contribution in [0.3, 0.4) is 0 Å². The van der Waals surface area contributed by atoms with Crippen molar-refractivity contribution in [2.45, 2.75) is 40.3 Å². The molecule has 0 radical (unpaired) electrons. The summed E-state index contributed by atoms with van der Waals surface area (Å²) in [6.07, 6.45) is 0. The van der Waals surface area contributed by atoms with Crippen LogP contribution >= 0.6 is 0 Å².